The Morgan fingerprint density at radius 1 is 1.42 bits per heavy atom. The van der Waals surface area contributed by atoms with Gasteiger partial charge < -0.3 is 0 Å². The normalized spacial score (nSPS) is 17.3. The van der Waals surface area contributed by atoms with Crippen LogP contribution in [0.1, 0.15) is 55.5 Å². The third-order valence-corrected chi connectivity index (χ3v) is 2.57. The fraction of sp³-hybridized carbons (Fsp3) is 0.700. The molecule has 0 unspecified atom stereocenters. The van der Waals surface area contributed by atoms with E-state index in [-0.39, 0.29) is 0 Å². The van der Waals surface area contributed by atoms with E-state index in [9.17, 15) is 0 Å². The second-order valence-electron chi connectivity index (χ2n) is 4.08. The van der Waals surface area contributed by atoms with Gasteiger partial charge >= 0.3 is 0 Å². The van der Waals surface area contributed by atoms with E-state index in [1.165, 1.54) is 29.8 Å². The zero-order valence-corrected chi connectivity index (χ0v) is 8.02. The smallest absolute Gasteiger partial charge is 0.0690 e. The van der Waals surface area contributed by atoms with Gasteiger partial charge in [0.05, 0.1) is 5.69 Å². The molecule has 1 aromatic rings. The summed E-state index contributed by atoms with van der Waals surface area (Å²) in [5, 5.41) is 7.46. The number of rotatable bonds is 2. The maximum atomic E-state index is 4.37. The van der Waals surface area contributed by atoms with Gasteiger partial charge in [0.1, 0.15) is 0 Å². The molecule has 2 rings (SSSR count). The first-order chi connectivity index (χ1) is 5.70. The van der Waals surface area contributed by atoms with Crippen LogP contribution in [-0.4, -0.2) is 10.2 Å². The van der Waals surface area contributed by atoms with Crippen LogP contribution >= 0.6 is 0 Å². The lowest BCUT2D eigenvalue weighted by atomic mass is 9.99. The molecule has 0 aromatic carbocycles. The molecule has 0 amide bonds. The van der Waals surface area contributed by atoms with E-state index in [1.807, 2.05) is 0 Å². The third kappa shape index (κ3) is 1.15. The van der Waals surface area contributed by atoms with Crippen molar-refractivity contribution in [1.29, 1.82) is 0 Å². The summed E-state index contributed by atoms with van der Waals surface area (Å²) >= 11 is 0. The molecular formula is C10H16N2. The van der Waals surface area contributed by atoms with E-state index in [0.29, 0.717) is 5.92 Å². The minimum Gasteiger partial charge on any atom is -0.282 e. The van der Waals surface area contributed by atoms with Gasteiger partial charge in [-0.3, -0.25) is 5.10 Å². The molecule has 1 aliphatic rings. The lowest BCUT2D eigenvalue weighted by Gasteiger charge is -2.05. The van der Waals surface area contributed by atoms with Crippen LogP contribution < -0.4 is 0 Å². The van der Waals surface area contributed by atoms with Gasteiger partial charge in [0.25, 0.3) is 0 Å². The molecule has 2 nitrogen and oxygen atoms in total. The van der Waals surface area contributed by atoms with E-state index < -0.39 is 0 Å². The zero-order chi connectivity index (χ0) is 8.72. The van der Waals surface area contributed by atoms with Gasteiger partial charge in [0.2, 0.25) is 0 Å². The Morgan fingerprint density at radius 2 is 2.08 bits per heavy atom. The van der Waals surface area contributed by atoms with Crippen LogP contribution in [0.25, 0.3) is 0 Å². The molecule has 1 aliphatic carbocycles. The first kappa shape index (κ1) is 7.84. The first-order valence-electron chi connectivity index (χ1n) is 4.75. The Hall–Kier alpha value is -0.790. The van der Waals surface area contributed by atoms with Crippen molar-refractivity contribution in [2.45, 2.75) is 45.4 Å². The Bertz CT molecular complexity index is 282. The quantitative estimate of drug-likeness (QED) is 0.715. The predicted octanol–water partition coefficient (Wildman–Crippen LogP) is 2.72. The number of hydrogen-bond acceptors (Lipinski definition) is 1. The van der Waals surface area contributed by atoms with Gasteiger partial charge in [-0.2, -0.15) is 5.10 Å². The molecule has 1 heterocycles. The van der Waals surface area contributed by atoms with Crippen molar-refractivity contribution in [3.63, 3.8) is 0 Å². The van der Waals surface area contributed by atoms with Crippen molar-refractivity contribution in [2.75, 3.05) is 0 Å². The number of aromatic amines is 1. The van der Waals surface area contributed by atoms with Crippen molar-refractivity contribution in [2.24, 2.45) is 0 Å². The van der Waals surface area contributed by atoms with Crippen molar-refractivity contribution < 1.29 is 0 Å². The zero-order valence-electron chi connectivity index (χ0n) is 8.02. The van der Waals surface area contributed by atoms with Crippen LogP contribution in [0.5, 0.6) is 0 Å². The molecular weight excluding hydrogens is 148 g/mol. The van der Waals surface area contributed by atoms with Gasteiger partial charge in [-0.25, -0.2) is 0 Å². The van der Waals surface area contributed by atoms with Crippen molar-refractivity contribution in [3.8, 4) is 0 Å². The van der Waals surface area contributed by atoms with E-state index >= 15 is 0 Å². The molecule has 0 atom stereocenters. The van der Waals surface area contributed by atoms with Crippen molar-refractivity contribution in [1.82, 2.24) is 10.2 Å². The average Bonchev–Trinajstić information content (AvgIpc) is 2.75. The van der Waals surface area contributed by atoms with E-state index in [4.69, 9.17) is 0 Å². The average molecular weight is 164 g/mol. The minimum absolute atomic E-state index is 0.611. The maximum Gasteiger partial charge on any atom is 0.0690 e. The molecule has 0 saturated heterocycles. The summed E-state index contributed by atoms with van der Waals surface area (Å²) in [5.41, 5.74) is 4.05. The van der Waals surface area contributed by atoms with Gasteiger partial charge in [-0.15, -0.1) is 0 Å². The molecule has 0 bridgehead atoms. The topological polar surface area (TPSA) is 28.7 Å². The Balaban J connectivity index is 2.39. The second-order valence-corrected chi connectivity index (χ2v) is 4.08. The van der Waals surface area contributed by atoms with Crippen LogP contribution in [0, 0.1) is 6.92 Å². The summed E-state index contributed by atoms with van der Waals surface area (Å²) < 4.78 is 0. The molecule has 1 N–H and O–H groups in total. The summed E-state index contributed by atoms with van der Waals surface area (Å²) in [7, 11) is 0. The molecule has 2 heteroatoms. The van der Waals surface area contributed by atoms with Crippen LogP contribution in [0.4, 0.5) is 0 Å². The van der Waals surface area contributed by atoms with Crippen molar-refractivity contribution >= 4 is 0 Å². The molecule has 1 fully saturated rings. The highest BCUT2D eigenvalue weighted by atomic mass is 15.1. The lowest BCUT2D eigenvalue weighted by Crippen LogP contribution is -1.93. The highest BCUT2D eigenvalue weighted by Gasteiger charge is 2.30. The Kier molecular flexibility index (Phi) is 1.71. The molecule has 12 heavy (non-hydrogen) atoms. The summed E-state index contributed by atoms with van der Waals surface area (Å²) in [6, 6.07) is 0. The molecule has 66 valence electrons. The monoisotopic (exact) mass is 164 g/mol. The summed E-state index contributed by atoms with van der Waals surface area (Å²) in [5.74, 6) is 1.38. The van der Waals surface area contributed by atoms with Crippen LogP contribution in [-0.2, 0) is 0 Å². The summed E-state index contributed by atoms with van der Waals surface area (Å²) in [4.78, 5) is 0. The highest BCUT2D eigenvalue weighted by Crippen LogP contribution is 2.42. The SMILES string of the molecule is Cc1[nH]nc(C2CC2)c1C(C)C. The number of aryl methyl sites for hydroxylation is 1. The maximum absolute atomic E-state index is 4.37. The minimum atomic E-state index is 0.611. The summed E-state index contributed by atoms with van der Waals surface area (Å²) in [6.07, 6.45) is 2.67. The van der Waals surface area contributed by atoms with Gasteiger partial charge in [0, 0.05) is 11.6 Å². The Labute approximate surface area is 73.4 Å². The number of nitrogens with one attached hydrogen (secondary N) is 1. The molecule has 1 aromatic heterocycles. The van der Waals surface area contributed by atoms with Crippen LogP contribution in [0.15, 0.2) is 0 Å². The number of hydrogen-bond donors (Lipinski definition) is 1. The fourth-order valence-corrected chi connectivity index (χ4v) is 1.85. The molecule has 0 aliphatic heterocycles. The summed E-state index contributed by atoms with van der Waals surface area (Å²) in [6.45, 7) is 6.60. The van der Waals surface area contributed by atoms with E-state index in [2.05, 4.69) is 31.0 Å². The van der Waals surface area contributed by atoms with Gasteiger partial charge in [-0.1, -0.05) is 13.8 Å². The molecule has 1 saturated carbocycles. The predicted molar refractivity (Wildman–Crippen MR) is 49.4 cm³/mol. The standard InChI is InChI=1S/C10H16N2/c1-6(2)9-7(3)11-12-10(9)8-4-5-8/h6,8H,4-5H2,1-3H3,(H,11,12). The van der Waals surface area contributed by atoms with E-state index in [1.54, 1.807) is 0 Å². The number of aromatic nitrogens is 2. The second kappa shape index (κ2) is 2.61. The van der Waals surface area contributed by atoms with Gasteiger partial charge in [0.15, 0.2) is 0 Å². The number of H-pyrrole nitrogens is 1. The van der Waals surface area contributed by atoms with E-state index in [0.717, 1.165) is 5.92 Å². The molecule has 0 radical (unpaired) electrons. The van der Waals surface area contributed by atoms with Crippen LogP contribution in [0.3, 0.4) is 0 Å². The van der Waals surface area contributed by atoms with Gasteiger partial charge in [-0.05, 0) is 31.2 Å². The number of nitrogens with zero attached hydrogens (tertiary/aromatic N) is 1. The fourth-order valence-electron chi connectivity index (χ4n) is 1.85. The highest BCUT2D eigenvalue weighted by molar-refractivity contribution is 5.32. The first-order valence-corrected chi connectivity index (χ1v) is 4.75. The van der Waals surface area contributed by atoms with Crippen molar-refractivity contribution in [3.05, 3.63) is 17.0 Å². The molecule has 0 spiro atoms. The van der Waals surface area contributed by atoms with Crippen LogP contribution in [0.2, 0.25) is 0 Å². The Morgan fingerprint density at radius 3 is 2.58 bits per heavy atom. The largest absolute Gasteiger partial charge is 0.282 e. The lowest BCUT2D eigenvalue weighted by molar-refractivity contribution is 0.831. The third-order valence-electron chi connectivity index (χ3n) is 2.57.